The molecule has 3 heterocycles. The van der Waals surface area contributed by atoms with Crippen LogP contribution in [0.4, 0.5) is 11.4 Å². The topological polar surface area (TPSA) is 116 Å². The molecule has 0 atom stereocenters. The smallest absolute Gasteiger partial charge is 0.311 e. The van der Waals surface area contributed by atoms with Crippen LogP contribution in [0.15, 0.2) is 41.1 Å². The van der Waals surface area contributed by atoms with Gasteiger partial charge in [-0.25, -0.2) is 4.98 Å². The second-order valence-corrected chi connectivity index (χ2v) is 7.17. The van der Waals surface area contributed by atoms with Crippen LogP contribution < -0.4 is 10.1 Å². The Morgan fingerprint density at radius 1 is 1.23 bits per heavy atom. The number of anilines is 1. The van der Waals surface area contributed by atoms with Gasteiger partial charge >= 0.3 is 5.69 Å². The van der Waals surface area contributed by atoms with E-state index < -0.39 is 4.92 Å². The zero-order valence-corrected chi connectivity index (χ0v) is 17.6. The molecule has 4 aromatic rings. The highest BCUT2D eigenvalue weighted by Gasteiger charge is 2.22. The van der Waals surface area contributed by atoms with E-state index in [2.05, 4.69) is 20.4 Å². The Balaban J connectivity index is 1.87. The van der Waals surface area contributed by atoms with Crippen LogP contribution in [0.3, 0.4) is 0 Å². The van der Waals surface area contributed by atoms with Crippen molar-refractivity contribution in [3.05, 3.63) is 69.5 Å². The molecule has 0 aliphatic carbocycles. The van der Waals surface area contributed by atoms with Crippen molar-refractivity contribution in [2.75, 3.05) is 12.4 Å². The van der Waals surface area contributed by atoms with E-state index in [1.54, 1.807) is 13.2 Å². The van der Waals surface area contributed by atoms with Crippen molar-refractivity contribution in [2.45, 2.75) is 27.3 Å². The predicted molar refractivity (Wildman–Crippen MR) is 116 cm³/mol. The Labute approximate surface area is 178 Å². The number of aromatic nitrogens is 3. The van der Waals surface area contributed by atoms with Crippen molar-refractivity contribution >= 4 is 22.3 Å². The second kappa shape index (κ2) is 8.02. The van der Waals surface area contributed by atoms with Crippen molar-refractivity contribution in [3.63, 3.8) is 0 Å². The highest BCUT2D eigenvalue weighted by Crippen LogP contribution is 2.41. The standard InChI is InChI=1S/C22H21N5O4/c1-12-6-5-7-15(25-12)10-24-22-16-9-20(30-4)17(21-13(2)26-31-14(21)3)8-18(16)23-11-19(22)27(28)29/h5-9,11H,10H2,1-4H3,(H,23,24). The molecule has 9 heteroatoms. The molecule has 0 fully saturated rings. The van der Waals surface area contributed by atoms with E-state index in [-0.39, 0.29) is 5.69 Å². The zero-order valence-electron chi connectivity index (χ0n) is 17.6. The van der Waals surface area contributed by atoms with Crippen LogP contribution in [0.5, 0.6) is 5.75 Å². The van der Waals surface area contributed by atoms with Crippen molar-refractivity contribution in [1.29, 1.82) is 0 Å². The molecular formula is C22H21N5O4. The van der Waals surface area contributed by atoms with Gasteiger partial charge in [0.2, 0.25) is 0 Å². The number of nitrogens with zero attached hydrogens (tertiary/aromatic N) is 4. The number of fused-ring (bicyclic) bond motifs is 1. The summed E-state index contributed by atoms with van der Waals surface area (Å²) in [7, 11) is 1.55. The van der Waals surface area contributed by atoms with Crippen molar-refractivity contribution in [1.82, 2.24) is 15.1 Å². The summed E-state index contributed by atoms with van der Waals surface area (Å²) in [6.45, 7) is 5.90. The fourth-order valence-corrected chi connectivity index (χ4v) is 3.64. The highest BCUT2D eigenvalue weighted by molar-refractivity contribution is 5.99. The van der Waals surface area contributed by atoms with Gasteiger partial charge in [-0.3, -0.25) is 15.1 Å². The van der Waals surface area contributed by atoms with Crippen LogP contribution in [-0.4, -0.2) is 27.2 Å². The maximum Gasteiger partial charge on any atom is 0.311 e. The van der Waals surface area contributed by atoms with Gasteiger partial charge in [-0.15, -0.1) is 0 Å². The van der Waals surface area contributed by atoms with Crippen LogP contribution >= 0.6 is 0 Å². The largest absolute Gasteiger partial charge is 0.496 e. The lowest BCUT2D eigenvalue weighted by Gasteiger charge is -2.14. The normalized spacial score (nSPS) is 11.0. The van der Waals surface area contributed by atoms with E-state index in [0.29, 0.717) is 34.6 Å². The van der Waals surface area contributed by atoms with Gasteiger partial charge in [-0.2, -0.15) is 0 Å². The Morgan fingerprint density at radius 3 is 2.68 bits per heavy atom. The molecule has 0 saturated heterocycles. The average molecular weight is 419 g/mol. The molecule has 1 N–H and O–H groups in total. The highest BCUT2D eigenvalue weighted by atomic mass is 16.6. The third kappa shape index (κ3) is 3.77. The lowest BCUT2D eigenvalue weighted by Crippen LogP contribution is -2.06. The third-order valence-corrected chi connectivity index (χ3v) is 5.06. The van der Waals surface area contributed by atoms with Crippen molar-refractivity contribution < 1.29 is 14.2 Å². The van der Waals surface area contributed by atoms with Crippen molar-refractivity contribution in [3.8, 4) is 16.9 Å². The minimum absolute atomic E-state index is 0.118. The minimum Gasteiger partial charge on any atom is -0.496 e. The third-order valence-electron chi connectivity index (χ3n) is 5.06. The van der Waals surface area contributed by atoms with E-state index in [9.17, 15) is 10.1 Å². The number of aryl methyl sites for hydroxylation is 3. The van der Waals surface area contributed by atoms with Gasteiger partial charge in [0.15, 0.2) is 0 Å². The summed E-state index contributed by atoms with van der Waals surface area (Å²) in [6, 6.07) is 9.25. The lowest BCUT2D eigenvalue weighted by molar-refractivity contribution is -0.384. The van der Waals surface area contributed by atoms with Gasteiger partial charge in [-0.05, 0) is 45.0 Å². The number of pyridine rings is 2. The lowest BCUT2D eigenvalue weighted by atomic mass is 10.00. The number of ether oxygens (including phenoxy) is 1. The van der Waals surface area contributed by atoms with E-state index in [1.165, 1.54) is 6.20 Å². The van der Waals surface area contributed by atoms with E-state index >= 15 is 0 Å². The van der Waals surface area contributed by atoms with Gasteiger partial charge < -0.3 is 14.6 Å². The molecule has 0 radical (unpaired) electrons. The Hall–Kier alpha value is -4.01. The maximum absolute atomic E-state index is 11.7. The molecule has 0 bridgehead atoms. The molecule has 3 aromatic heterocycles. The molecular weight excluding hydrogens is 398 g/mol. The average Bonchev–Trinajstić information content (AvgIpc) is 3.08. The summed E-state index contributed by atoms with van der Waals surface area (Å²) in [6.07, 6.45) is 1.26. The first-order chi connectivity index (χ1) is 14.9. The fraction of sp³-hybridized carbons (Fsp3) is 0.227. The number of hydrogen-bond donors (Lipinski definition) is 1. The van der Waals surface area contributed by atoms with Crippen LogP contribution in [-0.2, 0) is 6.54 Å². The fourth-order valence-electron chi connectivity index (χ4n) is 3.64. The molecule has 4 rings (SSSR count). The summed E-state index contributed by atoms with van der Waals surface area (Å²) in [5.41, 5.74) is 4.78. The summed E-state index contributed by atoms with van der Waals surface area (Å²) in [5, 5.41) is 19.5. The molecule has 0 spiro atoms. The van der Waals surface area contributed by atoms with Gasteiger partial charge in [0.05, 0.1) is 41.0 Å². The molecule has 0 unspecified atom stereocenters. The summed E-state index contributed by atoms with van der Waals surface area (Å²) in [5.74, 6) is 1.20. The molecule has 0 aliphatic rings. The Bertz CT molecular complexity index is 1280. The van der Waals surface area contributed by atoms with Gasteiger partial charge in [0.25, 0.3) is 0 Å². The Morgan fingerprint density at radius 2 is 2.03 bits per heavy atom. The number of hydrogen-bond acceptors (Lipinski definition) is 8. The number of nitrogens with one attached hydrogen (secondary N) is 1. The minimum atomic E-state index is -0.451. The number of benzene rings is 1. The molecule has 0 saturated carbocycles. The van der Waals surface area contributed by atoms with E-state index in [0.717, 1.165) is 28.2 Å². The summed E-state index contributed by atoms with van der Waals surface area (Å²) in [4.78, 5) is 20.0. The Kier molecular flexibility index (Phi) is 5.24. The van der Waals surface area contributed by atoms with Gasteiger partial charge in [0.1, 0.15) is 23.4 Å². The number of nitro groups is 1. The summed E-state index contributed by atoms with van der Waals surface area (Å²) < 4.78 is 10.9. The van der Waals surface area contributed by atoms with Crippen LogP contribution in [0.2, 0.25) is 0 Å². The first kappa shape index (κ1) is 20.3. The first-order valence-corrected chi connectivity index (χ1v) is 9.63. The monoisotopic (exact) mass is 419 g/mol. The number of rotatable bonds is 6. The first-order valence-electron chi connectivity index (χ1n) is 9.63. The zero-order chi connectivity index (χ0) is 22.1. The molecule has 0 aliphatic heterocycles. The quantitative estimate of drug-likeness (QED) is 0.352. The van der Waals surface area contributed by atoms with Gasteiger partial charge in [0, 0.05) is 16.6 Å². The van der Waals surface area contributed by atoms with E-state index in [1.807, 2.05) is 45.0 Å². The molecule has 1 aromatic carbocycles. The summed E-state index contributed by atoms with van der Waals surface area (Å²) >= 11 is 0. The molecule has 9 nitrogen and oxygen atoms in total. The molecule has 31 heavy (non-hydrogen) atoms. The second-order valence-electron chi connectivity index (χ2n) is 7.17. The van der Waals surface area contributed by atoms with Crippen LogP contribution in [0, 0.1) is 30.9 Å². The van der Waals surface area contributed by atoms with Gasteiger partial charge in [-0.1, -0.05) is 11.2 Å². The van der Waals surface area contributed by atoms with E-state index in [4.69, 9.17) is 9.26 Å². The maximum atomic E-state index is 11.7. The predicted octanol–water partition coefficient (Wildman–Crippen LogP) is 4.74. The molecule has 0 amide bonds. The SMILES string of the molecule is COc1cc2c(NCc3cccc(C)n3)c([N+](=O)[O-])cnc2cc1-c1c(C)noc1C. The van der Waals surface area contributed by atoms with Crippen molar-refractivity contribution in [2.24, 2.45) is 0 Å². The number of methoxy groups -OCH3 is 1. The van der Waals surface area contributed by atoms with Crippen LogP contribution in [0.1, 0.15) is 22.8 Å². The van der Waals surface area contributed by atoms with Crippen LogP contribution in [0.25, 0.3) is 22.0 Å². The molecule has 158 valence electrons.